The monoisotopic (exact) mass is 571 g/mol. The van der Waals surface area contributed by atoms with Gasteiger partial charge in [-0.2, -0.15) is 5.10 Å². The van der Waals surface area contributed by atoms with Crippen LogP contribution in [-0.2, 0) is 21.4 Å². The summed E-state index contributed by atoms with van der Waals surface area (Å²) in [6.07, 6.45) is 1.47. The summed E-state index contributed by atoms with van der Waals surface area (Å²) in [5.41, 5.74) is 6.33. The lowest BCUT2D eigenvalue weighted by atomic mass is 10.2. The summed E-state index contributed by atoms with van der Waals surface area (Å²) in [7, 11) is -4.01. The van der Waals surface area contributed by atoms with E-state index in [1.807, 2.05) is 57.2 Å². The fourth-order valence-corrected chi connectivity index (χ4v) is 5.42. The van der Waals surface area contributed by atoms with Crippen LogP contribution in [-0.4, -0.2) is 33.7 Å². The Bertz CT molecular complexity index is 1600. The first-order valence-electron chi connectivity index (χ1n) is 13.2. The van der Waals surface area contributed by atoms with Gasteiger partial charge in [0.15, 0.2) is 11.5 Å². The molecule has 1 amide bonds. The molecule has 0 aliphatic rings. The minimum absolute atomic E-state index is 0.0962. The largest absolute Gasteiger partial charge is 0.490 e. The molecule has 0 aliphatic heterocycles. The van der Waals surface area contributed by atoms with Gasteiger partial charge >= 0.3 is 0 Å². The molecule has 41 heavy (non-hydrogen) atoms. The van der Waals surface area contributed by atoms with Crippen LogP contribution in [0.1, 0.15) is 29.2 Å². The number of carbonyl (C=O) groups is 1. The highest BCUT2D eigenvalue weighted by Crippen LogP contribution is 2.29. The Morgan fingerprint density at radius 2 is 1.61 bits per heavy atom. The first-order chi connectivity index (χ1) is 19.8. The van der Waals surface area contributed by atoms with Crippen LogP contribution in [0.5, 0.6) is 11.5 Å². The molecule has 0 unspecified atom stereocenters. The van der Waals surface area contributed by atoms with Crippen LogP contribution in [0.3, 0.4) is 0 Å². The maximum atomic E-state index is 13.5. The van der Waals surface area contributed by atoms with Gasteiger partial charge in [0.25, 0.3) is 15.9 Å². The molecule has 9 heteroatoms. The van der Waals surface area contributed by atoms with E-state index in [-0.39, 0.29) is 4.90 Å². The third kappa shape index (κ3) is 7.95. The maximum Gasteiger partial charge on any atom is 0.264 e. The molecule has 4 aromatic rings. The molecule has 4 rings (SSSR count). The number of amides is 1. The van der Waals surface area contributed by atoms with Gasteiger partial charge in [-0.1, -0.05) is 60.2 Å². The number of hydrazone groups is 1. The van der Waals surface area contributed by atoms with E-state index in [4.69, 9.17) is 9.47 Å². The summed E-state index contributed by atoms with van der Waals surface area (Å²) in [6, 6.07) is 28.7. The van der Waals surface area contributed by atoms with Crippen molar-refractivity contribution in [3.05, 3.63) is 119 Å². The van der Waals surface area contributed by atoms with E-state index in [2.05, 4.69) is 10.5 Å². The molecule has 8 nitrogen and oxygen atoms in total. The third-order valence-corrected chi connectivity index (χ3v) is 7.88. The first-order valence-corrected chi connectivity index (χ1v) is 14.6. The van der Waals surface area contributed by atoms with E-state index in [0.717, 1.165) is 21.0 Å². The van der Waals surface area contributed by atoms with Crippen LogP contribution >= 0.6 is 0 Å². The minimum Gasteiger partial charge on any atom is -0.490 e. The van der Waals surface area contributed by atoms with Gasteiger partial charge in [0.2, 0.25) is 0 Å². The van der Waals surface area contributed by atoms with E-state index >= 15 is 0 Å². The highest BCUT2D eigenvalue weighted by Gasteiger charge is 2.27. The van der Waals surface area contributed by atoms with Crippen molar-refractivity contribution in [2.75, 3.05) is 17.5 Å². The molecule has 212 valence electrons. The molecule has 0 aromatic heterocycles. The Hall–Kier alpha value is -4.63. The summed E-state index contributed by atoms with van der Waals surface area (Å²) in [4.78, 5) is 13.0. The van der Waals surface area contributed by atoms with Crippen LogP contribution in [0.2, 0.25) is 0 Å². The van der Waals surface area contributed by atoms with Crippen LogP contribution in [0.15, 0.2) is 107 Å². The van der Waals surface area contributed by atoms with Gasteiger partial charge in [-0.3, -0.25) is 9.10 Å². The Labute approximate surface area is 241 Å². The van der Waals surface area contributed by atoms with Crippen molar-refractivity contribution in [1.82, 2.24) is 5.43 Å². The number of benzene rings is 4. The third-order valence-electron chi connectivity index (χ3n) is 6.09. The highest BCUT2D eigenvalue weighted by atomic mass is 32.2. The summed E-state index contributed by atoms with van der Waals surface area (Å²) in [6.45, 7) is 6.01. The minimum atomic E-state index is -4.01. The van der Waals surface area contributed by atoms with Crippen molar-refractivity contribution in [2.45, 2.75) is 32.3 Å². The fraction of sp³-hybridized carbons (Fsp3) is 0.188. The smallest absolute Gasteiger partial charge is 0.264 e. The number of anilines is 1. The van der Waals surface area contributed by atoms with E-state index in [1.54, 1.807) is 48.5 Å². The zero-order valence-electron chi connectivity index (χ0n) is 23.3. The predicted molar refractivity (Wildman–Crippen MR) is 161 cm³/mol. The molecular formula is C32H33N3O5S. The zero-order chi connectivity index (χ0) is 29.2. The standard InChI is InChI=1S/C32H33N3O5S/c1-4-39-31-20-27(15-18-30(31)40-23-26-10-6-5-7-11-26)21-33-34-32(36)22-35(28-12-8-9-25(3)19-28)41(37,38)29-16-13-24(2)14-17-29/h5-21H,4,22-23H2,1-3H3,(H,34,36)/b33-21+. The molecule has 0 bridgehead atoms. The Morgan fingerprint density at radius 3 is 2.32 bits per heavy atom. The van der Waals surface area contributed by atoms with Crippen molar-refractivity contribution >= 4 is 27.8 Å². The van der Waals surface area contributed by atoms with Gasteiger partial charge < -0.3 is 9.47 Å². The normalized spacial score (nSPS) is 11.3. The average molecular weight is 572 g/mol. The van der Waals surface area contributed by atoms with Gasteiger partial charge in [-0.25, -0.2) is 13.8 Å². The highest BCUT2D eigenvalue weighted by molar-refractivity contribution is 7.92. The second-order valence-corrected chi connectivity index (χ2v) is 11.2. The lowest BCUT2D eigenvalue weighted by Gasteiger charge is -2.24. The van der Waals surface area contributed by atoms with Crippen LogP contribution in [0.4, 0.5) is 5.69 Å². The van der Waals surface area contributed by atoms with Gasteiger partial charge in [-0.15, -0.1) is 0 Å². The molecular weight excluding hydrogens is 538 g/mol. The number of aryl methyl sites for hydroxylation is 2. The molecule has 0 atom stereocenters. The second kappa shape index (κ2) is 13.6. The molecule has 0 saturated heterocycles. The average Bonchev–Trinajstić information content (AvgIpc) is 2.96. The quantitative estimate of drug-likeness (QED) is 0.176. The summed E-state index contributed by atoms with van der Waals surface area (Å²) < 4.78 is 39.9. The number of rotatable bonds is 12. The van der Waals surface area contributed by atoms with Gasteiger partial charge in [0.05, 0.1) is 23.4 Å². The van der Waals surface area contributed by atoms with E-state index in [0.29, 0.717) is 36.0 Å². The summed E-state index contributed by atoms with van der Waals surface area (Å²) in [5, 5.41) is 4.05. The van der Waals surface area contributed by atoms with Crippen molar-refractivity contribution < 1.29 is 22.7 Å². The molecule has 0 spiro atoms. The number of sulfonamides is 1. The van der Waals surface area contributed by atoms with Crippen molar-refractivity contribution in [1.29, 1.82) is 0 Å². The van der Waals surface area contributed by atoms with Crippen molar-refractivity contribution in [3.8, 4) is 11.5 Å². The predicted octanol–water partition coefficient (Wildman–Crippen LogP) is 5.63. The topological polar surface area (TPSA) is 97.3 Å². The van der Waals surface area contributed by atoms with Gasteiger partial charge in [0.1, 0.15) is 13.2 Å². The second-order valence-electron chi connectivity index (χ2n) is 9.37. The van der Waals surface area contributed by atoms with Gasteiger partial charge in [0, 0.05) is 0 Å². The van der Waals surface area contributed by atoms with Gasteiger partial charge in [-0.05, 0) is 79.9 Å². The summed E-state index contributed by atoms with van der Waals surface area (Å²) >= 11 is 0. The number of ether oxygens (including phenoxy) is 2. The number of carbonyl (C=O) groups excluding carboxylic acids is 1. The number of nitrogens with zero attached hydrogens (tertiary/aromatic N) is 2. The lowest BCUT2D eigenvalue weighted by molar-refractivity contribution is -0.119. The van der Waals surface area contributed by atoms with Crippen molar-refractivity contribution in [3.63, 3.8) is 0 Å². The van der Waals surface area contributed by atoms with E-state index < -0.39 is 22.5 Å². The number of hydrogen-bond donors (Lipinski definition) is 1. The number of hydrogen-bond acceptors (Lipinski definition) is 6. The fourth-order valence-electron chi connectivity index (χ4n) is 4.01. The molecule has 0 heterocycles. The molecule has 1 N–H and O–H groups in total. The van der Waals surface area contributed by atoms with E-state index in [1.165, 1.54) is 18.3 Å². The van der Waals surface area contributed by atoms with Crippen molar-refractivity contribution in [2.24, 2.45) is 5.10 Å². The molecule has 0 saturated carbocycles. The molecule has 0 aliphatic carbocycles. The lowest BCUT2D eigenvalue weighted by Crippen LogP contribution is -2.39. The summed E-state index contributed by atoms with van der Waals surface area (Å²) in [5.74, 6) is 0.548. The van der Waals surface area contributed by atoms with Crippen LogP contribution in [0, 0.1) is 13.8 Å². The number of nitrogens with one attached hydrogen (secondary N) is 1. The van der Waals surface area contributed by atoms with Crippen LogP contribution in [0.25, 0.3) is 0 Å². The SMILES string of the molecule is CCOc1cc(/C=N/NC(=O)CN(c2cccc(C)c2)S(=O)(=O)c2ccc(C)cc2)ccc1OCc1ccccc1. The Kier molecular flexibility index (Phi) is 9.76. The molecule has 0 radical (unpaired) electrons. The first kappa shape index (κ1) is 29.4. The molecule has 0 fully saturated rings. The van der Waals surface area contributed by atoms with Crippen LogP contribution < -0.4 is 19.2 Å². The zero-order valence-corrected chi connectivity index (χ0v) is 24.1. The Balaban J connectivity index is 1.47. The molecule has 4 aromatic carbocycles. The maximum absolute atomic E-state index is 13.5. The Morgan fingerprint density at radius 1 is 0.854 bits per heavy atom. The van der Waals surface area contributed by atoms with E-state index in [9.17, 15) is 13.2 Å².